The van der Waals surface area contributed by atoms with Gasteiger partial charge in [-0.15, -0.1) is 10.2 Å². The molecule has 6 nitrogen and oxygen atoms in total. The summed E-state index contributed by atoms with van der Waals surface area (Å²) in [6.07, 6.45) is 0.831. The number of nitrogens with one attached hydrogen (secondary N) is 2. The van der Waals surface area contributed by atoms with Gasteiger partial charge in [0.2, 0.25) is 11.0 Å². The first-order valence-corrected chi connectivity index (χ1v) is 8.23. The Morgan fingerprint density at radius 1 is 1.17 bits per heavy atom. The van der Waals surface area contributed by atoms with Crippen LogP contribution < -0.4 is 10.6 Å². The molecule has 122 valence electrons. The van der Waals surface area contributed by atoms with Crippen LogP contribution in [0, 0.1) is 12.8 Å². The summed E-state index contributed by atoms with van der Waals surface area (Å²) >= 11 is 1.35. The summed E-state index contributed by atoms with van der Waals surface area (Å²) < 4.78 is 0. The van der Waals surface area contributed by atoms with Crippen molar-refractivity contribution >= 4 is 28.3 Å². The van der Waals surface area contributed by atoms with Crippen LogP contribution in [0.5, 0.6) is 0 Å². The van der Waals surface area contributed by atoms with Crippen LogP contribution in [-0.2, 0) is 11.2 Å². The summed E-state index contributed by atoms with van der Waals surface area (Å²) in [4.78, 5) is 23.8. The highest BCUT2D eigenvalue weighted by atomic mass is 32.1. The van der Waals surface area contributed by atoms with Gasteiger partial charge in [0.05, 0.1) is 6.54 Å². The van der Waals surface area contributed by atoms with Gasteiger partial charge in [0.1, 0.15) is 5.01 Å². The van der Waals surface area contributed by atoms with Gasteiger partial charge in [-0.2, -0.15) is 0 Å². The Morgan fingerprint density at radius 3 is 2.52 bits per heavy atom. The van der Waals surface area contributed by atoms with E-state index in [4.69, 9.17) is 0 Å². The normalized spacial score (nSPS) is 10.6. The van der Waals surface area contributed by atoms with E-state index in [-0.39, 0.29) is 18.4 Å². The molecule has 0 atom stereocenters. The summed E-state index contributed by atoms with van der Waals surface area (Å²) in [6.45, 7) is 6.04. The standard InChI is InChI=1S/C16H20N4O2S/c1-10(2)8-14-19-20-16(23-14)18-13(21)9-17-15(22)12-6-4-11(3)5-7-12/h4-7,10H,8-9H2,1-3H3,(H,17,22)(H,18,20,21). The minimum absolute atomic E-state index is 0.105. The molecule has 1 aromatic carbocycles. The second kappa shape index (κ2) is 7.82. The molecule has 0 aliphatic heterocycles. The smallest absolute Gasteiger partial charge is 0.251 e. The molecule has 1 aromatic heterocycles. The minimum atomic E-state index is -0.322. The van der Waals surface area contributed by atoms with Crippen molar-refractivity contribution in [3.05, 3.63) is 40.4 Å². The van der Waals surface area contributed by atoms with E-state index in [1.165, 1.54) is 11.3 Å². The molecule has 0 unspecified atom stereocenters. The van der Waals surface area contributed by atoms with E-state index in [2.05, 4.69) is 34.7 Å². The van der Waals surface area contributed by atoms with Gasteiger partial charge in [-0.3, -0.25) is 14.9 Å². The average Bonchev–Trinajstić information content (AvgIpc) is 2.91. The highest BCUT2D eigenvalue weighted by molar-refractivity contribution is 7.15. The third kappa shape index (κ3) is 5.45. The Morgan fingerprint density at radius 2 is 1.87 bits per heavy atom. The molecule has 23 heavy (non-hydrogen) atoms. The summed E-state index contributed by atoms with van der Waals surface area (Å²) in [5, 5.41) is 14.5. The van der Waals surface area contributed by atoms with E-state index in [9.17, 15) is 9.59 Å². The number of carbonyl (C=O) groups excluding carboxylic acids is 2. The first-order valence-electron chi connectivity index (χ1n) is 7.41. The average molecular weight is 332 g/mol. The molecule has 2 aromatic rings. The molecule has 0 aliphatic carbocycles. The van der Waals surface area contributed by atoms with Crippen LogP contribution in [0.2, 0.25) is 0 Å². The van der Waals surface area contributed by atoms with Gasteiger partial charge in [-0.1, -0.05) is 42.9 Å². The zero-order chi connectivity index (χ0) is 16.8. The number of benzene rings is 1. The van der Waals surface area contributed by atoms with Gasteiger partial charge >= 0.3 is 0 Å². The number of anilines is 1. The van der Waals surface area contributed by atoms with Crippen LogP contribution in [0.4, 0.5) is 5.13 Å². The summed E-state index contributed by atoms with van der Waals surface area (Å²) in [6, 6.07) is 7.16. The number of rotatable bonds is 6. The molecule has 0 spiro atoms. The molecule has 1 heterocycles. The largest absolute Gasteiger partial charge is 0.343 e. The fourth-order valence-electron chi connectivity index (χ4n) is 1.87. The van der Waals surface area contributed by atoms with Gasteiger partial charge in [0.25, 0.3) is 5.91 Å². The van der Waals surface area contributed by atoms with E-state index in [0.29, 0.717) is 16.6 Å². The Bertz CT molecular complexity index is 680. The molecule has 0 bridgehead atoms. The maximum Gasteiger partial charge on any atom is 0.251 e. The first kappa shape index (κ1) is 17.1. The quantitative estimate of drug-likeness (QED) is 0.851. The lowest BCUT2D eigenvalue weighted by molar-refractivity contribution is -0.115. The molecule has 2 amide bonds. The van der Waals surface area contributed by atoms with Crippen molar-refractivity contribution < 1.29 is 9.59 Å². The predicted octanol–water partition coefficient (Wildman–Crippen LogP) is 2.41. The van der Waals surface area contributed by atoms with E-state index < -0.39 is 0 Å². The van der Waals surface area contributed by atoms with Gasteiger partial charge < -0.3 is 5.32 Å². The Labute approximate surface area is 139 Å². The van der Waals surface area contributed by atoms with Crippen LogP contribution >= 0.6 is 11.3 Å². The number of carbonyl (C=O) groups is 2. The van der Waals surface area contributed by atoms with Crippen molar-refractivity contribution in [2.75, 3.05) is 11.9 Å². The molecule has 2 N–H and O–H groups in total. The highest BCUT2D eigenvalue weighted by Crippen LogP contribution is 2.17. The number of hydrogen-bond donors (Lipinski definition) is 2. The highest BCUT2D eigenvalue weighted by Gasteiger charge is 2.11. The predicted molar refractivity (Wildman–Crippen MR) is 90.6 cm³/mol. The Kier molecular flexibility index (Phi) is 5.81. The summed E-state index contributed by atoms with van der Waals surface area (Å²) in [5.74, 6) is -0.115. The van der Waals surface area contributed by atoms with Crippen molar-refractivity contribution in [3.63, 3.8) is 0 Å². The molecular weight excluding hydrogens is 312 g/mol. The molecule has 0 saturated carbocycles. The number of aromatic nitrogens is 2. The topological polar surface area (TPSA) is 84.0 Å². The minimum Gasteiger partial charge on any atom is -0.343 e. The van der Waals surface area contributed by atoms with Crippen LogP contribution in [-0.4, -0.2) is 28.6 Å². The van der Waals surface area contributed by atoms with Crippen LogP contribution in [0.25, 0.3) is 0 Å². The Balaban J connectivity index is 1.81. The number of amides is 2. The van der Waals surface area contributed by atoms with Crippen LogP contribution in [0.3, 0.4) is 0 Å². The third-order valence-electron chi connectivity index (χ3n) is 3.02. The monoisotopic (exact) mass is 332 g/mol. The van der Waals surface area contributed by atoms with E-state index in [0.717, 1.165) is 17.0 Å². The number of hydrogen-bond acceptors (Lipinski definition) is 5. The van der Waals surface area contributed by atoms with Gasteiger partial charge in [0, 0.05) is 12.0 Å². The van der Waals surface area contributed by atoms with Crippen LogP contribution in [0.15, 0.2) is 24.3 Å². The maximum atomic E-state index is 11.9. The van der Waals surface area contributed by atoms with Crippen molar-refractivity contribution in [3.8, 4) is 0 Å². The zero-order valence-electron chi connectivity index (χ0n) is 13.4. The summed E-state index contributed by atoms with van der Waals surface area (Å²) in [5.41, 5.74) is 1.60. The Hall–Kier alpha value is -2.28. The van der Waals surface area contributed by atoms with E-state index >= 15 is 0 Å². The second-order valence-electron chi connectivity index (χ2n) is 5.70. The lowest BCUT2D eigenvalue weighted by Crippen LogP contribution is -2.32. The maximum absolute atomic E-state index is 11.9. The van der Waals surface area contributed by atoms with Crippen molar-refractivity contribution in [1.82, 2.24) is 15.5 Å². The van der Waals surface area contributed by atoms with E-state index in [1.807, 2.05) is 19.1 Å². The fraction of sp³-hybridized carbons (Fsp3) is 0.375. The van der Waals surface area contributed by atoms with Crippen molar-refractivity contribution in [1.29, 1.82) is 0 Å². The van der Waals surface area contributed by atoms with Crippen molar-refractivity contribution in [2.45, 2.75) is 27.2 Å². The summed E-state index contributed by atoms with van der Waals surface area (Å²) in [7, 11) is 0. The van der Waals surface area contributed by atoms with Crippen LogP contribution in [0.1, 0.15) is 34.8 Å². The van der Waals surface area contributed by atoms with Gasteiger partial charge in [-0.25, -0.2) is 0 Å². The van der Waals surface area contributed by atoms with Gasteiger partial charge in [-0.05, 0) is 25.0 Å². The molecular formula is C16H20N4O2S. The fourth-order valence-corrected chi connectivity index (χ4v) is 2.83. The second-order valence-corrected chi connectivity index (χ2v) is 6.76. The number of nitrogens with zero attached hydrogens (tertiary/aromatic N) is 2. The molecule has 2 rings (SSSR count). The number of aryl methyl sites for hydroxylation is 1. The van der Waals surface area contributed by atoms with E-state index in [1.54, 1.807) is 12.1 Å². The molecule has 0 fully saturated rings. The lowest BCUT2D eigenvalue weighted by atomic mass is 10.1. The third-order valence-corrected chi connectivity index (χ3v) is 3.88. The molecule has 0 aliphatic rings. The molecule has 0 radical (unpaired) electrons. The first-order chi connectivity index (χ1) is 10.9. The molecule has 7 heteroatoms. The van der Waals surface area contributed by atoms with Gasteiger partial charge in [0.15, 0.2) is 0 Å². The zero-order valence-corrected chi connectivity index (χ0v) is 14.2. The SMILES string of the molecule is Cc1ccc(C(=O)NCC(=O)Nc2nnc(CC(C)C)s2)cc1. The lowest BCUT2D eigenvalue weighted by Gasteiger charge is -2.05. The van der Waals surface area contributed by atoms with Crippen molar-refractivity contribution in [2.24, 2.45) is 5.92 Å². The molecule has 0 saturated heterocycles.